The molecule has 1 heterocycles. The van der Waals surface area contributed by atoms with Crippen LogP contribution in [0.15, 0.2) is 10.5 Å². The molecule has 0 aromatic carbocycles. The van der Waals surface area contributed by atoms with Crippen LogP contribution in [0.2, 0.25) is 0 Å². The summed E-state index contributed by atoms with van der Waals surface area (Å²) in [7, 11) is -4.94. The average molecular weight is 277 g/mol. The van der Waals surface area contributed by atoms with Gasteiger partial charge in [0.05, 0.1) is 19.4 Å². The molecule has 6 heteroatoms. The summed E-state index contributed by atoms with van der Waals surface area (Å²) in [6, 6.07) is 2.22. The van der Waals surface area contributed by atoms with Crippen LogP contribution in [0, 0.1) is 24.1 Å². The second-order valence-corrected chi connectivity index (χ2v) is 5.11. The minimum absolute atomic E-state index is 1.05. The van der Waals surface area contributed by atoms with Gasteiger partial charge in [-0.05, 0) is 31.2 Å². The predicted octanol–water partition coefficient (Wildman–Crippen LogP) is -1.31. The van der Waals surface area contributed by atoms with E-state index in [4.69, 9.17) is 23.1 Å². The van der Waals surface area contributed by atoms with Crippen molar-refractivity contribution in [2.24, 2.45) is 0 Å². The van der Waals surface area contributed by atoms with Crippen molar-refractivity contribution >= 4 is 0 Å². The maximum Gasteiger partial charge on any atom is 0.329 e. The van der Waals surface area contributed by atoms with Gasteiger partial charge in [0, 0.05) is 6.07 Å². The van der Waals surface area contributed by atoms with Crippen LogP contribution in [0.25, 0.3) is 0 Å². The number of hydrogen-bond donors (Lipinski definition) is 0. The third-order valence-corrected chi connectivity index (χ3v) is 2.88. The first-order valence-electron chi connectivity index (χ1n) is 5.81. The summed E-state index contributed by atoms with van der Waals surface area (Å²) < 4.78 is 39.6. The van der Waals surface area contributed by atoms with Crippen molar-refractivity contribution in [2.75, 3.05) is 0 Å². The van der Waals surface area contributed by atoms with Crippen molar-refractivity contribution in [3.05, 3.63) is 28.7 Å². The Kier molecular flexibility index (Phi) is 5.49. The summed E-state index contributed by atoms with van der Waals surface area (Å²) in [5.74, 6) is 2.19. The van der Waals surface area contributed by atoms with Crippen molar-refractivity contribution in [3.8, 4) is 0 Å². The Labute approximate surface area is 108 Å². The summed E-state index contributed by atoms with van der Waals surface area (Å²) in [6.07, 6.45) is 6.49. The quantitative estimate of drug-likeness (QED) is 0.432. The number of fused-ring (bicyclic) bond motifs is 1. The lowest BCUT2D eigenvalue weighted by Gasteiger charge is -2.17. The number of rotatable bonds is 0. The van der Waals surface area contributed by atoms with Crippen LogP contribution in [0.1, 0.15) is 41.9 Å². The highest BCUT2D eigenvalue weighted by molar-refractivity contribution is 5.30. The molecule has 0 spiro atoms. The van der Waals surface area contributed by atoms with Gasteiger partial charge in [0.15, 0.2) is 0 Å². The zero-order chi connectivity index (χ0) is 13.8. The zero-order valence-corrected chi connectivity index (χ0v) is 11.3. The van der Waals surface area contributed by atoms with Crippen molar-refractivity contribution in [1.82, 2.24) is 0 Å². The highest BCUT2D eigenvalue weighted by atomic mass is 35.7. The minimum Gasteiger partial charge on any atom is -0.222 e. The smallest absolute Gasteiger partial charge is 0.222 e. The van der Waals surface area contributed by atoms with E-state index in [2.05, 4.69) is 13.0 Å². The van der Waals surface area contributed by atoms with Crippen LogP contribution < -0.4 is 18.6 Å². The summed E-state index contributed by atoms with van der Waals surface area (Å²) >= 11 is 0. The molecule has 0 radical (unpaired) electrons. The van der Waals surface area contributed by atoms with Crippen molar-refractivity contribution < 1.29 is 33.3 Å². The van der Waals surface area contributed by atoms with E-state index in [-0.39, 0.29) is 0 Å². The summed E-state index contributed by atoms with van der Waals surface area (Å²) in [5, 5.41) is 0. The number of halogens is 1. The van der Waals surface area contributed by atoms with Crippen molar-refractivity contribution in [1.29, 1.82) is 0 Å². The average Bonchev–Trinajstić information content (AvgIpc) is 2.39. The predicted molar refractivity (Wildman–Crippen MR) is 53.8 cm³/mol. The molecule has 1 aliphatic rings. The lowest BCUT2D eigenvalue weighted by atomic mass is 10.0. The van der Waals surface area contributed by atoms with Gasteiger partial charge in [-0.15, -0.1) is 10.2 Å². The minimum atomic E-state index is -4.94. The first-order valence-corrected chi connectivity index (χ1v) is 7.04. The molecule has 0 unspecified atom stereocenters. The largest absolute Gasteiger partial charge is 0.329 e. The molecule has 0 bridgehead atoms. The van der Waals surface area contributed by atoms with Gasteiger partial charge in [-0.1, -0.05) is 6.42 Å². The lowest BCUT2D eigenvalue weighted by Crippen LogP contribution is -2.68. The summed E-state index contributed by atoms with van der Waals surface area (Å²) in [4.78, 5) is 0. The van der Waals surface area contributed by atoms with Gasteiger partial charge in [0.1, 0.15) is 0 Å². The SMILES string of the molecule is Cc1cc2c(c(C)[o+]1)CCCCC2.[O-][Cl+3]([O-])([O-])[O-]. The highest BCUT2D eigenvalue weighted by Gasteiger charge is 2.19. The lowest BCUT2D eigenvalue weighted by molar-refractivity contribution is -2.00. The van der Waals surface area contributed by atoms with E-state index in [0.717, 1.165) is 11.5 Å². The van der Waals surface area contributed by atoms with Crippen LogP contribution in [0.3, 0.4) is 0 Å². The molecule has 0 N–H and O–H groups in total. The molecule has 0 atom stereocenters. The van der Waals surface area contributed by atoms with Crippen LogP contribution in [0.4, 0.5) is 0 Å². The van der Waals surface area contributed by atoms with Crippen LogP contribution in [-0.2, 0) is 12.8 Å². The molecule has 102 valence electrons. The molecule has 0 aliphatic heterocycles. The monoisotopic (exact) mass is 276 g/mol. The Bertz CT molecular complexity index is 394. The maximum atomic E-state index is 8.49. The van der Waals surface area contributed by atoms with Gasteiger partial charge in [0.2, 0.25) is 0 Å². The topological polar surface area (TPSA) is 104 Å². The van der Waals surface area contributed by atoms with E-state index in [1.165, 1.54) is 43.2 Å². The molecule has 1 aliphatic carbocycles. The molecule has 0 amide bonds. The Hall–Kier alpha value is -0.720. The molecular formula is C12H17ClO5. The van der Waals surface area contributed by atoms with Gasteiger partial charge in [-0.25, -0.2) is 23.1 Å². The molecule has 0 saturated carbocycles. The zero-order valence-electron chi connectivity index (χ0n) is 10.5. The number of aryl methyl sites for hydroxylation is 3. The van der Waals surface area contributed by atoms with Gasteiger partial charge >= 0.3 is 11.5 Å². The molecule has 2 rings (SSSR count). The fraction of sp³-hybridized carbons (Fsp3) is 0.583. The van der Waals surface area contributed by atoms with Gasteiger partial charge in [0.25, 0.3) is 0 Å². The second-order valence-electron chi connectivity index (χ2n) is 4.36. The first kappa shape index (κ1) is 15.3. The van der Waals surface area contributed by atoms with E-state index in [0.29, 0.717) is 0 Å². The molecule has 0 fully saturated rings. The molecular weight excluding hydrogens is 260 g/mol. The van der Waals surface area contributed by atoms with E-state index in [1.54, 1.807) is 0 Å². The number of hydrogen-bond acceptors (Lipinski definition) is 4. The summed E-state index contributed by atoms with van der Waals surface area (Å²) in [5.41, 5.74) is 3.00. The fourth-order valence-electron chi connectivity index (χ4n) is 2.24. The van der Waals surface area contributed by atoms with Gasteiger partial charge < -0.3 is 0 Å². The summed E-state index contributed by atoms with van der Waals surface area (Å²) in [6.45, 7) is 4.13. The van der Waals surface area contributed by atoms with Crippen LogP contribution in [-0.4, -0.2) is 0 Å². The van der Waals surface area contributed by atoms with E-state index >= 15 is 0 Å². The van der Waals surface area contributed by atoms with Crippen LogP contribution >= 0.6 is 0 Å². The Morgan fingerprint density at radius 1 is 1.00 bits per heavy atom. The Morgan fingerprint density at radius 3 is 2.17 bits per heavy atom. The molecule has 1 aromatic heterocycles. The fourth-order valence-corrected chi connectivity index (χ4v) is 2.24. The third kappa shape index (κ3) is 5.75. The highest BCUT2D eigenvalue weighted by Crippen LogP contribution is 2.24. The van der Waals surface area contributed by atoms with Gasteiger partial charge in [-0.2, -0.15) is 0 Å². The Morgan fingerprint density at radius 2 is 1.56 bits per heavy atom. The molecule has 5 nitrogen and oxygen atoms in total. The van der Waals surface area contributed by atoms with E-state index in [1.807, 2.05) is 6.92 Å². The first-order chi connectivity index (χ1) is 8.27. The van der Waals surface area contributed by atoms with Crippen molar-refractivity contribution in [2.45, 2.75) is 46.0 Å². The Balaban J connectivity index is 0.000000280. The van der Waals surface area contributed by atoms with Gasteiger partial charge in [-0.3, -0.25) is 0 Å². The molecule has 1 aromatic rings. The third-order valence-electron chi connectivity index (χ3n) is 2.88. The van der Waals surface area contributed by atoms with Crippen molar-refractivity contribution in [3.63, 3.8) is 0 Å². The van der Waals surface area contributed by atoms with E-state index in [9.17, 15) is 0 Å². The second kappa shape index (κ2) is 6.45. The van der Waals surface area contributed by atoms with E-state index < -0.39 is 10.2 Å². The maximum absolute atomic E-state index is 8.49. The normalized spacial score (nSPS) is 15.2. The molecule has 18 heavy (non-hydrogen) atoms. The molecule has 0 saturated heterocycles. The standard InChI is InChI=1S/C12H17O.ClHO4/c1-9-8-11-6-4-3-5-7-12(11)10(2)13-9;2-1(3,4)5/h8H,3-7H2,1-2H3;(H,2,3,4,5)/q+1;/p-1. The van der Waals surface area contributed by atoms with Crippen LogP contribution in [0.5, 0.6) is 0 Å².